The van der Waals surface area contributed by atoms with Crippen molar-refractivity contribution < 1.29 is 4.92 Å². The maximum atomic E-state index is 10.7. The van der Waals surface area contributed by atoms with E-state index in [-0.39, 0.29) is 10.7 Å². The van der Waals surface area contributed by atoms with Crippen molar-refractivity contribution in [3.63, 3.8) is 0 Å². The predicted molar refractivity (Wildman–Crippen MR) is 68.1 cm³/mol. The summed E-state index contributed by atoms with van der Waals surface area (Å²) in [6, 6.07) is 1.63. The molecule has 0 unspecified atom stereocenters. The number of nitrogens with zero attached hydrogens (tertiary/aromatic N) is 1. The van der Waals surface area contributed by atoms with Crippen molar-refractivity contribution >= 4 is 61.5 Å². The summed E-state index contributed by atoms with van der Waals surface area (Å²) < 4.78 is 1.37. The van der Waals surface area contributed by atoms with Gasteiger partial charge in [0.25, 0.3) is 0 Å². The molecule has 0 aliphatic rings. The summed E-state index contributed by atoms with van der Waals surface area (Å²) in [5.74, 6) is 0. The Hall–Kier alpha value is -0.0800. The van der Waals surface area contributed by atoms with Crippen molar-refractivity contribution in [1.82, 2.24) is 0 Å². The lowest BCUT2D eigenvalue weighted by molar-refractivity contribution is -0.383. The van der Waals surface area contributed by atoms with Crippen LogP contribution in [0.3, 0.4) is 0 Å². The average molecular weight is 391 g/mol. The Bertz CT molecular complexity index is 400. The van der Waals surface area contributed by atoms with E-state index in [9.17, 15) is 10.1 Å². The molecule has 0 aromatic heterocycles. The molecule has 0 saturated carbocycles. The Balaban J connectivity index is 3.53. The van der Waals surface area contributed by atoms with E-state index in [2.05, 4.69) is 21.2 Å². The van der Waals surface area contributed by atoms with Gasteiger partial charge in [0.1, 0.15) is 10.7 Å². The van der Waals surface area contributed by atoms with Crippen molar-refractivity contribution in [3.8, 4) is 0 Å². The molecule has 14 heavy (non-hydrogen) atoms. The molecule has 0 amide bonds. The molecular weight excluding hydrogens is 386 g/mol. The van der Waals surface area contributed by atoms with Crippen LogP contribution >= 0.6 is 50.1 Å². The summed E-state index contributed by atoms with van der Waals surface area (Å²) in [6.07, 6.45) is 0. The van der Waals surface area contributed by atoms with Crippen LogP contribution in [0.15, 0.2) is 10.5 Å². The van der Waals surface area contributed by atoms with E-state index in [0.717, 1.165) is 4.47 Å². The second-order valence-electron chi connectivity index (χ2n) is 2.39. The van der Waals surface area contributed by atoms with Crippen molar-refractivity contribution in [1.29, 1.82) is 0 Å². The summed E-state index contributed by atoms with van der Waals surface area (Å²) in [5, 5.41) is 13.6. The van der Waals surface area contributed by atoms with E-state index >= 15 is 0 Å². The van der Waals surface area contributed by atoms with E-state index in [0.29, 0.717) is 9.26 Å². The summed E-state index contributed by atoms with van der Waals surface area (Å²) in [4.78, 5) is 10.2. The normalized spacial score (nSPS) is 10.0. The molecule has 0 atom stereocenters. The lowest BCUT2D eigenvalue weighted by Gasteiger charge is -2.06. The zero-order valence-electron chi connectivity index (χ0n) is 6.97. The highest BCUT2D eigenvalue weighted by Crippen LogP contribution is 2.40. The van der Waals surface area contributed by atoms with E-state index in [1.807, 2.05) is 22.6 Å². The van der Waals surface area contributed by atoms with Crippen LogP contribution in [0, 0.1) is 13.7 Å². The third-order valence-electron chi connectivity index (χ3n) is 1.59. The van der Waals surface area contributed by atoms with E-state index in [1.54, 1.807) is 13.1 Å². The average Bonchev–Trinajstić information content (AvgIpc) is 2.12. The van der Waals surface area contributed by atoms with Crippen LogP contribution in [0.2, 0.25) is 5.02 Å². The lowest BCUT2D eigenvalue weighted by atomic mass is 10.2. The number of hydrogen-bond donors (Lipinski definition) is 1. The largest absolute Gasteiger partial charge is 0.382 e. The van der Waals surface area contributed by atoms with E-state index in [4.69, 9.17) is 11.6 Å². The van der Waals surface area contributed by atoms with Crippen LogP contribution in [0.5, 0.6) is 0 Å². The minimum atomic E-state index is -0.497. The van der Waals surface area contributed by atoms with Crippen molar-refractivity contribution in [3.05, 3.63) is 29.2 Å². The first-order chi connectivity index (χ1) is 6.49. The third kappa shape index (κ3) is 2.12. The number of nitro groups is 1. The molecule has 1 rings (SSSR count). The quantitative estimate of drug-likeness (QED) is 0.362. The zero-order valence-corrected chi connectivity index (χ0v) is 11.5. The van der Waals surface area contributed by atoms with Crippen molar-refractivity contribution in [2.24, 2.45) is 0 Å². The Kier molecular flexibility index (Phi) is 3.96. The van der Waals surface area contributed by atoms with Gasteiger partial charge in [-0.15, -0.1) is 0 Å². The fraction of sp³-hybridized carbons (Fsp3) is 0.143. The van der Waals surface area contributed by atoms with Crippen molar-refractivity contribution in [2.45, 2.75) is 0 Å². The number of anilines is 1. The topological polar surface area (TPSA) is 55.2 Å². The summed E-state index contributed by atoms with van der Waals surface area (Å²) >= 11 is 11.1. The van der Waals surface area contributed by atoms with Crippen LogP contribution in [0.4, 0.5) is 11.4 Å². The molecule has 4 nitrogen and oxygen atoms in total. The molecule has 0 spiro atoms. The molecule has 0 aliphatic carbocycles. The number of benzene rings is 1. The molecule has 0 aliphatic heterocycles. The van der Waals surface area contributed by atoms with Crippen LogP contribution in [0.1, 0.15) is 0 Å². The van der Waals surface area contributed by atoms with Crippen LogP contribution in [-0.4, -0.2) is 12.0 Å². The van der Waals surface area contributed by atoms with E-state index in [1.165, 1.54) is 0 Å². The van der Waals surface area contributed by atoms with E-state index < -0.39 is 4.92 Å². The minimum absolute atomic E-state index is 0.0956. The second kappa shape index (κ2) is 4.63. The molecule has 0 heterocycles. The number of rotatable bonds is 2. The van der Waals surface area contributed by atoms with Crippen molar-refractivity contribution in [2.75, 3.05) is 12.4 Å². The van der Waals surface area contributed by atoms with Gasteiger partial charge in [0.15, 0.2) is 0 Å². The van der Waals surface area contributed by atoms with Crippen LogP contribution in [-0.2, 0) is 0 Å². The lowest BCUT2D eigenvalue weighted by Crippen LogP contribution is -1.99. The third-order valence-corrected chi connectivity index (χ3v) is 4.76. The highest BCUT2D eigenvalue weighted by atomic mass is 127. The maximum absolute atomic E-state index is 10.7. The highest BCUT2D eigenvalue weighted by molar-refractivity contribution is 14.1. The first kappa shape index (κ1) is 12.0. The number of nitro benzene ring substituents is 1. The van der Waals surface area contributed by atoms with Gasteiger partial charge in [0.05, 0.1) is 8.49 Å². The Morgan fingerprint density at radius 1 is 1.71 bits per heavy atom. The molecule has 1 aromatic carbocycles. The zero-order chi connectivity index (χ0) is 10.9. The number of halogens is 3. The summed E-state index contributed by atoms with van der Waals surface area (Å²) in [7, 11) is 1.61. The second-order valence-corrected chi connectivity index (χ2v) is 4.70. The highest BCUT2D eigenvalue weighted by Gasteiger charge is 2.22. The number of nitrogens with one attached hydrogen (secondary N) is 1. The van der Waals surface area contributed by atoms with Gasteiger partial charge in [-0.05, 0) is 44.6 Å². The first-order valence-corrected chi connectivity index (χ1v) is 5.73. The van der Waals surface area contributed by atoms with Gasteiger partial charge >= 0.3 is 5.69 Å². The molecule has 0 radical (unpaired) electrons. The molecule has 0 saturated heterocycles. The van der Waals surface area contributed by atoms with Gasteiger partial charge in [-0.3, -0.25) is 10.1 Å². The standard InChI is InChI=1S/C7H5BrClIN2O2/c1-11-4-2-3(8)6(10)5(9)7(4)12(13)14/h2,11H,1H3. The first-order valence-electron chi connectivity index (χ1n) is 3.48. The fourth-order valence-electron chi connectivity index (χ4n) is 0.955. The molecule has 7 heteroatoms. The predicted octanol–water partition coefficient (Wildman–Crippen LogP) is 3.66. The Morgan fingerprint density at radius 2 is 2.29 bits per heavy atom. The monoisotopic (exact) mass is 390 g/mol. The Morgan fingerprint density at radius 3 is 2.71 bits per heavy atom. The molecule has 1 N–H and O–H groups in total. The summed E-state index contributed by atoms with van der Waals surface area (Å²) in [5.41, 5.74) is 0.300. The van der Waals surface area contributed by atoms with Gasteiger partial charge in [-0.1, -0.05) is 11.6 Å². The summed E-state index contributed by atoms with van der Waals surface area (Å²) in [6.45, 7) is 0. The molecular formula is C7H5BrClIN2O2. The Labute approximate surface area is 107 Å². The molecule has 1 aromatic rings. The molecule has 76 valence electrons. The minimum Gasteiger partial charge on any atom is -0.382 e. The molecule has 0 bridgehead atoms. The van der Waals surface area contributed by atoms with Gasteiger partial charge in [-0.2, -0.15) is 0 Å². The SMILES string of the molecule is CNc1cc(Br)c(I)c(Cl)c1[N+](=O)[O-]. The van der Waals surface area contributed by atoms with Crippen LogP contribution < -0.4 is 5.32 Å². The van der Waals surface area contributed by atoms with Gasteiger partial charge in [-0.25, -0.2) is 0 Å². The molecule has 0 fully saturated rings. The maximum Gasteiger partial charge on any atom is 0.311 e. The van der Waals surface area contributed by atoms with Crippen LogP contribution in [0.25, 0.3) is 0 Å². The van der Waals surface area contributed by atoms with Gasteiger partial charge in [0.2, 0.25) is 0 Å². The fourth-order valence-corrected chi connectivity index (χ4v) is 2.18. The number of hydrogen-bond acceptors (Lipinski definition) is 3. The van der Waals surface area contributed by atoms with Gasteiger partial charge < -0.3 is 5.32 Å². The smallest absolute Gasteiger partial charge is 0.311 e. The van der Waals surface area contributed by atoms with Gasteiger partial charge in [0, 0.05) is 11.5 Å².